The van der Waals surface area contributed by atoms with Crippen molar-refractivity contribution >= 4 is 43.7 Å². The maximum Gasteiger partial charge on any atom is 0.166 e. The molecule has 44 heavy (non-hydrogen) atoms. The summed E-state index contributed by atoms with van der Waals surface area (Å²) in [5.41, 5.74) is 7.71. The Balaban J connectivity index is 1.34. The lowest BCUT2D eigenvalue weighted by Crippen LogP contribution is -2.03. The standard InChI is InChI=1S/C39H24N4O/c1-3-13-25(14-4-1)37-40-38(26-15-5-2-6-16-26)42-39(41-37)30-19-8-11-21-32(30)43-31-20-10-7-18-29(31)35-33(43)24-23-28-27-17-9-12-22-34(27)44-36(28)35/h1-24H. The van der Waals surface area contributed by atoms with Gasteiger partial charge in [-0.3, -0.25) is 0 Å². The van der Waals surface area contributed by atoms with E-state index >= 15 is 0 Å². The van der Waals surface area contributed by atoms with Gasteiger partial charge in [0.1, 0.15) is 11.2 Å². The maximum atomic E-state index is 6.52. The van der Waals surface area contributed by atoms with E-state index in [0.29, 0.717) is 17.5 Å². The Morgan fingerprint density at radius 3 is 1.77 bits per heavy atom. The van der Waals surface area contributed by atoms with Gasteiger partial charge in [0.05, 0.1) is 22.1 Å². The van der Waals surface area contributed by atoms with E-state index in [1.807, 2.05) is 78.9 Å². The van der Waals surface area contributed by atoms with E-state index in [4.69, 9.17) is 19.4 Å². The predicted molar refractivity (Wildman–Crippen MR) is 178 cm³/mol. The number of rotatable bonds is 4. The fraction of sp³-hybridized carbons (Fsp3) is 0. The molecule has 6 aromatic carbocycles. The van der Waals surface area contributed by atoms with Crippen LogP contribution in [0.4, 0.5) is 0 Å². The predicted octanol–water partition coefficient (Wildman–Crippen LogP) is 9.87. The van der Waals surface area contributed by atoms with Crippen LogP contribution in [0.3, 0.4) is 0 Å². The summed E-state index contributed by atoms with van der Waals surface area (Å²) in [6, 6.07) is 49.6. The van der Waals surface area contributed by atoms with E-state index in [0.717, 1.165) is 66.1 Å². The molecular formula is C39H24N4O. The number of aromatic nitrogens is 4. The fourth-order valence-electron chi connectivity index (χ4n) is 6.28. The third kappa shape index (κ3) is 3.76. The van der Waals surface area contributed by atoms with Crippen LogP contribution in [0.5, 0.6) is 0 Å². The highest BCUT2D eigenvalue weighted by Gasteiger charge is 2.21. The minimum absolute atomic E-state index is 0.615. The number of nitrogens with zero attached hydrogens (tertiary/aromatic N) is 4. The first-order valence-electron chi connectivity index (χ1n) is 14.6. The number of hydrogen-bond donors (Lipinski definition) is 0. The van der Waals surface area contributed by atoms with Crippen LogP contribution in [0.15, 0.2) is 150 Å². The third-order valence-corrected chi connectivity index (χ3v) is 8.27. The summed E-state index contributed by atoms with van der Waals surface area (Å²) in [4.78, 5) is 15.0. The molecule has 0 aliphatic rings. The zero-order valence-electron chi connectivity index (χ0n) is 23.6. The Morgan fingerprint density at radius 2 is 1.02 bits per heavy atom. The van der Waals surface area contributed by atoms with Crippen molar-refractivity contribution in [1.29, 1.82) is 0 Å². The molecule has 0 atom stereocenters. The SMILES string of the molecule is c1ccc(-c2nc(-c3ccccc3)nc(-c3ccccc3-n3c4ccccc4c4c5oc6ccccc6c5ccc43)n2)cc1. The van der Waals surface area contributed by atoms with Gasteiger partial charge in [-0.2, -0.15) is 0 Å². The van der Waals surface area contributed by atoms with Gasteiger partial charge in [-0.15, -0.1) is 0 Å². The van der Waals surface area contributed by atoms with Crippen LogP contribution in [-0.2, 0) is 0 Å². The van der Waals surface area contributed by atoms with Crippen molar-refractivity contribution in [3.05, 3.63) is 146 Å². The second-order valence-electron chi connectivity index (χ2n) is 10.8. The Labute approximate surface area is 252 Å². The molecule has 206 valence electrons. The second-order valence-corrected chi connectivity index (χ2v) is 10.8. The van der Waals surface area contributed by atoms with Crippen molar-refractivity contribution in [2.24, 2.45) is 0 Å². The number of fused-ring (bicyclic) bond motifs is 7. The minimum Gasteiger partial charge on any atom is -0.455 e. The summed E-state index contributed by atoms with van der Waals surface area (Å²) in [5, 5.41) is 4.46. The lowest BCUT2D eigenvalue weighted by atomic mass is 10.1. The Kier molecular flexibility index (Phi) is 5.43. The average Bonchev–Trinajstić information content (AvgIpc) is 3.65. The highest BCUT2D eigenvalue weighted by Crippen LogP contribution is 2.41. The fourth-order valence-corrected chi connectivity index (χ4v) is 6.28. The van der Waals surface area contributed by atoms with Gasteiger partial charge in [-0.25, -0.2) is 15.0 Å². The van der Waals surface area contributed by atoms with Crippen LogP contribution in [0, 0.1) is 0 Å². The summed E-state index contributed by atoms with van der Waals surface area (Å²) in [5.74, 6) is 1.88. The molecule has 0 amide bonds. The molecule has 5 nitrogen and oxygen atoms in total. The minimum atomic E-state index is 0.615. The van der Waals surface area contributed by atoms with Gasteiger partial charge in [0.15, 0.2) is 17.5 Å². The molecule has 0 aliphatic carbocycles. The number of furan rings is 1. The summed E-state index contributed by atoms with van der Waals surface area (Å²) in [6.45, 7) is 0. The molecule has 0 bridgehead atoms. The first-order chi connectivity index (χ1) is 21.8. The molecule has 0 fully saturated rings. The van der Waals surface area contributed by atoms with Crippen LogP contribution in [0.2, 0.25) is 0 Å². The van der Waals surface area contributed by atoms with Crippen LogP contribution in [0.1, 0.15) is 0 Å². The molecule has 0 saturated heterocycles. The van der Waals surface area contributed by atoms with Crippen LogP contribution in [-0.4, -0.2) is 19.5 Å². The topological polar surface area (TPSA) is 56.7 Å². The largest absolute Gasteiger partial charge is 0.455 e. The van der Waals surface area contributed by atoms with Crippen molar-refractivity contribution in [2.45, 2.75) is 0 Å². The summed E-state index contributed by atoms with van der Waals surface area (Å²) >= 11 is 0. The van der Waals surface area contributed by atoms with Gasteiger partial charge < -0.3 is 8.98 Å². The monoisotopic (exact) mass is 564 g/mol. The lowest BCUT2D eigenvalue weighted by Gasteiger charge is -2.14. The molecule has 0 aliphatic heterocycles. The van der Waals surface area contributed by atoms with Crippen molar-refractivity contribution in [3.63, 3.8) is 0 Å². The maximum absolute atomic E-state index is 6.52. The molecule has 5 heteroatoms. The highest BCUT2D eigenvalue weighted by atomic mass is 16.3. The highest BCUT2D eigenvalue weighted by molar-refractivity contribution is 6.24. The molecule has 0 saturated carbocycles. The molecule has 3 aromatic heterocycles. The van der Waals surface area contributed by atoms with Crippen molar-refractivity contribution in [3.8, 4) is 39.9 Å². The molecule has 0 spiro atoms. The van der Waals surface area contributed by atoms with Gasteiger partial charge in [-0.05, 0) is 36.4 Å². The van der Waals surface area contributed by atoms with E-state index < -0.39 is 0 Å². The second kappa shape index (κ2) is 9.75. The molecular weight excluding hydrogens is 540 g/mol. The summed E-state index contributed by atoms with van der Waals surface area (Å²) in [7, 11) is 0. The summed E-state index contributed by atoms with van der Waals surface area (Å²) < 4.78 is 8.83. The lowest BCUT2D eigenvalue weighted by molar-refractivity contribution is 0.673. The summed E-state index contributed by atoms with van der Waals surface area (Å²) in [6.07, 6.45) is 0. The average molecular weight is 565 g/mol. The number of hydrogen-bond acceptors (Lipinski definition) is 4. The third-order valence-electron chi connectivity index (χ3n) is 8.27. The molecule has 9 rings (SSSR count). The van der Waals surface area contributed by atoms with Gasteiger partial charge >= 0.3 is 0 Å². The van der Waals surface area contributed by atoms with Gasteiger partial charge in [-0.1, -0.05) is 109 Å². The van der Waals surface area contributed by atoms with E-state index in [2.05, 4.69) is 71.3 Å². The zero-order chi connectivity index (χ0) is 29.0. The van der Waals surface area contributed by atoms with Crippen LogP contribution >= 0.6 is 0 Å². The first-order valence-corrected chi connectivity index (χ1v) is 14.6. The molecule has 0 N–H and O–H groups in total. The van der Waals surface area contributed by atoms with Crippen molar-refractivity contribution in [1.82, 2.24) is 19.5 Å². The van der Waals surface area contributed by atoms with Crippen LogP contribution < -0.4 is 0 Å². The smallest absolute Gasteiger partial charge is 0.166 e. The van der Waals surface area contributed by atoms with E-state index in [-0.39, 0.29) is 0 Å². The Morgan fingerprint density at radius 1 is 0.432 bits per heavy atom. The van der Waals surface area contributed by atoms with Gasteiger partial charge in [0.25, 0.3) is 0 Å². The molecule has 0 unspecified atom stereocenters. The Bertz CT molecular complexity index is 2440. The van der Waals surface area contributed by atoms with E-state index in [1.54, 1.807) is 0 Å². The number of para-hydroxylation sites is 3. The zero-order valence-corrected chi connectivity index (χ0v) is 23.6. The van der Waals surface area contributed by atoms with Crippen molar-refractivity contribution in [2.75, 3.05) is 0 Å². The van der Waals surface area contributed by atoms with Crippen molar-refractivity contribution < 1.29 is 4.42 Å². The molecule has 3 heterocycles. The van der Waals surface area contributed by atoms with Gasteiger partial charge in [0.2, 0.25) is 0 Å². The van der Waals surface area contributed by atoms with E-state index in [1.165, 1.54) is 0 Å². The normalized spacial score (nSPS) is 11.6. The van der Waals surface area contributed by atoms with E-state index in [9.17, 15) is 0 Å². The quantitative estimate of drug-likeness (QED) is 0.213. The number of benzene rings is 6. The van der Waals surface area contributed by atoms with Gasteiger partial charge in [0, 0.05) is 32.8 Å². The Hall–Kier alpha value is -6.07. The molecule has 9 aromatic rings. The van der Waals surface area contributed by atoms with Crippen LogP contribution in [0.25, 0.3) is 83.6 Å². The molecule has 0 radical (unpaired) electrons. The first kappa shape index (κ1) is 24.5.